The molecule has 2 heterocycles. The highest BCUT2D eigenvalue weighted by Crippen LogP contribution is 2.46. The van der Waals surface area contributed by atoms with Crippen LogP contribution in [-0.2, 0) is 0 Å². The second-order valence-corrected chi connectivity index (χ2v) is 8.96. The largest absolute Gasteiger partial charge is 0.293 e. The minimum absolute atomic E-state index is 0.462. The first-order valence-corrected chi connectivity index (χ1v) is 11.3. The number of aromatic nitrogens is 2. The lowest BCUT2D eigenvalue weighted by Crippen LogP contribution is -2.46. The van der Waals surface area contributed by atoms with E-state index in [1.165, 1.54) is 22.3 Å². The molecule has 166 valence electrons. The zero-order chi connectivity index (χ0) is 23.3. The summed E-state index contributed by atoms with van der Waals surface area (Å²) in [6.07, 6.45) is 1.41. The molecule has 5 rings (SSSR count). The normalized spacial score (nSPS) is 15.2. The van der Waals surface area contributed by atoms with Crippen LogP contribution in [0.5, 0.6) is 0 Å². The number of nitrogens with zero attached hydrogens (tertiary/aromatic N) is 4. The molecular weight excluding hydrogens is 406 g/mol. The molecule has 33 heavy (non-hydrogen) atoms. The van der Waals surface area contributed by atoms with Crippen LogP contribution in [0.25, 0.3) is 11.3 Å². The second-order valence-electron chi connectivity index (χ2n) is 8.96. The van der Waals surface area contributed by atoms with E-state index in [1.807, 2.05) is 18.3 Å². The van der Waals surface area contributed by atoms with Crippen molar-refractivity contribution < 1.29 is 0 Å². The number of rotatable bonds is 3. The lowest BCUT2D eigenvalue weighted by molar-refractivity contribution is 0.718. The van der Waals surface area contributed by atoms with E-state index >= 15 is 0 Å². The average molecular weight is 436 g/mol. The predicted molar refractivity (Wildman–Crippen MR) is 136 cm³/mol. The van der Waals surface area contributed by atoms with Gasteiger partial charge in [-0.1, -0.05) is 42.5 Å². The highest BCUT2D eigenvalue weighted by Gasteiger charge is 2.39. The standard InChI is InChI=1S/C28H29N5/c1-17-13-18(2)15-22(14-17)32-26-27(33(28(32)29)24-12-7-6-9-19(24)3)31-23(16-30-26)25-20(4)10-8-11-21(25)5/h6-16,28H,29H2,1-5H3. The SMILES string of the molecule is Cc1cc(C)cc(N2c3ncc(-c4c(C)cccc4C)nc3N(c3ccccc3C)C2N)c1. The number of hydrogen-bond donors (Lipinski definition) is 1. The third-order valence-electron chi connectivity index (χ3n) is 6.32. The van der Waals surface area contributed by atoms with E-state index < -0.39 is 6.29 Å². The van der Waals surface area contributed by atoms with Crippen LogP contribution < -0.4 is 15.5 Å². The molecule has 0 radical (unpaired) electrons. The summed E-state index contributed by atoms with van der Waals surface area (Å²) in [5.74, 6) is 1.54. The molecule has 1 atom stereocenters. The summed E-state index contributed by atoms with van der Waals surface area (Å²) < 4.78 is 0. The Bertz CT molecular complexity index is 1320. The summed E-state index contributed by atoms with van der Waals surface area (Å²) >= 11 is 0. The van der Waals surface area contributed by atoms with Gasteiger partial charge in [0.25, 0.3) is 0 Å². The molecule has 0 aliphatic carbocycles. The fourth-order valence-electron chi connectivity index (χ4n) is 4.86. The van der Waals surface area contributed by atoms with Gasteiger partial charge in [-0.25, -0.2) is 9.97 Å². The van der Waals surface area contributed by atoms with Gasteiger partial charge in [-0.15, -0.1) is 0 Å². The Morgan fingerprint density at radius 2 is 1.36 bits per heavy atom. The van der Waals surface area contributed by atoms with E-state index in [1.54, 1.807) is 0 Å². The average Bonchev–Trinajstić information content (AvgIpc) is 3.04. The summed E-state index contributed by atoms with van der Waals surface area (Å²) in [5, 5.41) is 0. The summed E-state index contributed by atoms with van der Waals surface area (Å²) in [4.78, 5) is 14.3. The van der Waals surface area contributed by atoms with Gasteiger partial charge in [0.1, 0.15) is 0 Å². The molecule has 5 nitrogen and oxygen atoms in total. The van der Waals surface area contributed by atoms with Gasteiger partial charge in [0.05, 0.1) is 11.9 Å². The van der Waals surface area contributed by atoms with Crippen LogP contribution in [0.2, 0.25) is 0 Å². The van der Waals surface area contributed by atoms with Crippen LogP contribution in [0.3, 0.4) is 0 Å². The molecule has 1 aliphatic heterocycles. The first-order valence-electron chi connectivity index (χ1n) is 11.3. The lowest BCUT2D eigenvalue weighted by atomic mass is 10.0. The van der Waals surface area contributed by atoms with Crippen molar-refractivity contribution in [2.75, 3.05) is 9.80 Å². The van der Waals surface area contributed by atoms with Crippen molar-refractivity contribution in [3.8, 4) is 11.3 Å². The molecule has 1 aromatic heterocycles. The molecule has 1 aliphatic rings. The van der Waals surface area contributed by atoms with Crippen molar-refractivity contribution in [3.05, 3.63) is 94.7 Å². The molecule has 0 fully saturated rings. The summed E-state index contributed by atoms with van der Waals surface area (Å²) in [5.41, 5.74) is 16.8. The van der Waals surface area contributed by atoms with Gasteiger partial charge in [-0.3, -0.25) is 15.5 Å². The zero-order valence-corrected chi connectivity index (χ0v) is 19.8. The van der Waals surface area contributed by atoms with E-state index in [4.69, 9.17) is 15.7 Å². The molecular formula is C28H29N5. The van der Waals surface area contributed by atoms with Crippen molar-refractivity contribution in [2.24, 2.45) is 5.73 Å². The minimum atomic E-state index is -0.462. The Morgan fingerprint density at radius 1 is 0.727 bits per heavy atom. The van der Waals surface area contributed by atoms with Gasteiger partial charge in [0.15, 0.2) is 17.9 Å². The maximum Gasteiger partial charge on any atom is 0.180 e. The second kappa shape index (κ2) is 8.01. The molecule has 0 saturated heterocycles. The molecule has 1 unspecified atom stereocenters. The number of aryl methyl sites for hydroxylation is 5. The Morgan fingerprint density at radius 3 is 2.03 bits per heavy atom. The van der Waals surface area contributed by atoms with Crippen molar-refractivity contribution in [3.63, 3.8) is 0 Å². The van der Waals surface area contributed by atoms with Crippen LogP contribution in [0.4, 0.5) is 23.0 Å². The number of hydrogen-bond acceptors (Lipinski definition) is 5. The quantitative estimate of drug-likeness (QED) is 0.414. The van der Waals surface area contributed by atoms with Gasteiger partial charge >= 0.3 is 0 Å². The Labute approximate surface area is 195 Å². The van der Waals surface area contributed by atoms with Crippen LogP contribution in [0, 0.1) is 34.6 Å². The first kappa shape index (κ1) is 21.2. The maximum absolute atomic E-state index is 6.93. The van der Waals surface area contributed by atoms with Gasteiger partial charge in [0, 0.05) is 16.9 Å². The molecule has 4 aromatic rings. The molecule has 0 bridgehead atoms. The number of benzene rings is 3. The maximum atomic E-state index is 6.93. The molecule has 0 saturated carbocycles. The number of nitrogens with two attached hydrogens (primary N) is 1. The Balaban J connectivity index is 1.74. The Hall–Kier alpha value is -3.70. The van der Waals surface area contributed by atoms with Crippen molar-refractivity contribution >= 4 is 23.0 Å². The minimum Gasteiger partial charge on any atom is -0.293 e. The van der Waals surface area contributed by atoms with Crippen molar-refractivity contribution in [2.45, 2.75) is 40.9 Å². The fourth-order valence-corrected chi connectivity index (χ4v) is 4.86. The Kier molecular flexibility index (Phi) is 5.14. The molecule has 5 heteroatoms. The van der Waals surface area contributed by atoms with Crippen molar-refractivity contribution in [1.82, 2.24) is 9.97 Å². The van der Waals surface area contributed by atoms with Gasteiger partial charge in [-0.05, 0) is 80.6 Å². The fraction of sp³-hybridized carbons (Fsp3) is 0.214. The molecule has 2 N–H and O–H groups in total. The predicted octanol–water partition coefficient (Wildman–Crippen LogP) is 6.22. The highest BCUT2D eigenvalue weighted by atomic mass is 15.5. The first-order chi connectivity index (χ1) is 15.8. The summed E-state index contributed by atoms with van der Waals surface area (Å²) in [7, 11) is 0. The van der Waals surface area contributed by atoms with Crippen LogP contribution >= 0.6 is 0 Å². The molecule has 3 aromatic carbocycles. The number of anilines is 4. The highest BCUT2D eigenvalue weighted by molar-refractivity contribution is 5.85. The third kappa shape index (κ3) is 3.55. The molecule has 0 amide bonds. The number of fused-ring (bicyclic) bond motifs is 1. The number of para-hydroxylation sites is 1. The van der Waals surface area contributed by atoms with Gasteiger partial charge in [0.2, 0.25) is 0 Å². The van der Waals surface area contributed by atoms with Gasteiger partial charge < -0.3 is 0 Å². The summed E-state index contributed by atoms with van der Waals surface area (Å²) in [6.45, 7) is 10.5. The smallest absolute Gasteiger partial charge is 0.180 e. The lowest BCUT2D eigenvalue weighted by Gasteiger charge is -2.30. The monoisotopic (exact) mass is 435 g/mol. The van der Waals surface area contributed by atoms with Crippen molar-refractivity contribution in [1.29, 1.82) is 0 Å². The van der Waals surface area contributed by atoms with Crippen LogP contribution in [-0.4, -0.2) is 16.3 Å². The van der Waals surface area contributed by atoms with E-state index in [0.717, 1.165) is 39.8 Å². The van der Waals surface area contributed by atoms with E-state index in [-0.39, 0.29) is 0 Å². The summed E-state index contributed by atoms with van der Waals surface area (Å²) in [6, 6.07) is 21.1. The topological polar surface area (TPSA) is 58.3 Å². The molecule has 0 spiro atoms. The van der Waals surface area contributed by atoms with Crippen LogP contribution in [0.15, 0.2) is 66.9 Å². The van der Waals surface area contributed by atoms with Crippen LogP contribution in [0.1, 0.15) is 27.8 Å². The zero-order valence-electron chi connectivity index (χ0n) is 19.8. The third-order valence-corrected chi connectivity index (χ3v) is 6.32. The van der Waals surface area contributed by atoms with E-state index in [2.05, 4.69) is 92.9 Å². The van der Waals surface area contributed by atoms with Gasteiger partial charge in [-0.2, -0.15) is 0 Å². The van der Waals surface area contributed by atoms with E-state index in [0.29, 0.717) is 0 Å². The van der Waals surface area contributed by atoms with E-state index in [9.17, 15) is 0 Å².